The Labute approximate surface area is 174 Å². The van der Waals surface area contributed by atoms with Gasteiger partial charge in [-0.25, -0.2) is 4.98 Å². The fourth-order valence-corrected chi connectivity index (χ4v) is 3.98. The van der Waals surface area contributed by atoms with E-state index in [1.165, 1.54) is 11.1 Å². The van der Waals surface area contributed by atoms with Gasteiger partial charge in [-0.05, 0) is 27.7 Å². The highest BCUT2D eigenvalue weighted by atomic mass is 32.2. The van der Waals surface area contributed by atoms with E-state index in [2.05, 4.69) is 77.7 Å². The summed E-state index contributed by atoms with van der Waals surface area (Å²) >= 11 is 1.54. The van der Waals surface area contributed by atoms with E-state index in [0.717, 1.165) is 39.5 Å². The zero-order valence-corrected chi connectivity index (χ0v) is 17.7. The molecule has 0 aliphatic carbocycles. The number of benzene rings is 2. The largest absolute Gasteiger partial charge is 0.361 e. The zero-order chi connectivity index (χ0) is 20.4. The predicted octanol–water partition coefficient (Wildman–Crippen LogP) is 5.72. The van der Waals surface area contributed by atoms with Gasteiger partial charge in [-0.15, -0.1) is 10.2 Å². The first-order valence-corrected chi connectivity index (χ1v) is 10.4. The first-order chi connectivity index (χ1) is 14.0. The summed E-state index contributed by atoms with van der Waals surface area (Å²) in [6.07, 6.45) is 0. The molecule has 2 heterocycles. The SMILES string of the molecule is Cc1ccc(-c2nnc(SCc3c(C)noc3C)nc2-c2ccc(C)cc2)cc1. The number of rotatable bonds is 5. The first-order valence-electron chi connectivity index (χ1n) is 9.44. The molecule has 0 bridgehead atoms. The number of thioether (sulfide) groups is 1. The average molecular weight is 403 g/mol. The number of aromatic nitrogens is 4. The molecule has 0 amide bonds. The molecular formula is C23H22N4OS. The fraction of sp³-hybridized carbons (Fsp3) is 0.217. The lowest BCUT2D eigenvalue weighted by molar-refractivity contribution is 0.392. The minimum Gasteiger partial charge on any atom is -0.361 e. The van der Waals surface area contributed by atoms with Crippen molar-refractivity contribution in [1.29, 1.82) is 0 Å². The maximum Gasteiger partial charge on any atom is 0.210 e. The summed E-state index contributed by atoms with van der Waals surface area (Å²) in [4.78, 5) is 4.87. The minimum absolute atomic E-state index is 0.636. The Kier molecular flexibility index (Phi) is 5.45. The lowest BCUT2D eigenvalue weighted by Crippen LogP contribution is -2.00. The van der Waals surface area contributed by atoms with Crippen LogP contribution in [0.3, 0.4) is 0 Å². The van der Waals surface area contributed by atoms with Crippen LogP contribution in [-0.4, -0.2) is 20.3 Å². The average Bonchev–Trinajstić information content (AvgIpc) is 3.05. The van der Waals surface area contributed by atoms with Gasteiger partial charge in [0.15, 0.2) is 0 Å². The van der Waals surface area contributed by atoms with Crippen molar-refractivity contribution in [3.63, 3.8) is 0 Å². The summed E-state index contributed by atoms with van der Waals surface area (Å²) in [7, 11) is 0. The van der Waals surface area contributed by atoms with Crippen LogP contribution in [0.4, 0.5) is 0 Å². The van der Waals surface area contributed by atoms with E-state index in [1.54, 1.807) is 11.8 Å². The Balaban J connectivity index is 1.72. The van der Waals surface area contributed by atoms with Crippen LogP contribution in [0, 0.1) is 27.7 Å². The molecule has 0 spiro atoms. The molecule has 6 heteroatoms. The third kappa shape index (κ3) is 4.22. The third-order valence-electron chi connectivity index (χ3n) is 4.84. The third-order valence-corrected chi connectivity index (χ3v) is 5.71. The summed E-state index contributed by atoms with van der Waals surface area (Å²) in [5.41, 5.74) is 8.06. The molecular weight excluding hydrogens is 380 g/mol. The van der Waals surface area contributed by atoms with Gasteiger partial charge in [0.1, 0.15) is 17.1 Å². The fourth-order valence-electron chi connectivity index (χ4n) is 3.04. The van der Waals surface area contributed by atoms with E-state index in [-0.39, 0.29) is 0 Å². The lowest BCUT2D eigenvalue weighted by Gasteiger charge is -2.10. The Hall–Kier alpha value is -2.99. The number of aryl methyl sites for hydroxylation is 4. The van der Waals surface area contributed by atoms with Crippen molar-refractivity contribution >= 4 is 11.8 Å². The molecule has 4 aromatic rings. The van der Waals surface area contributed by atoms with Crippen LogP contribution in [0.2, 0.25) is 0 Å². The zero-order valence-electron chi connectivity index (χ0n) is 16.9. The van der Waals surface area contributed by atoms with Crippen LogP contribution in [0.1, 0.15) is 28.1 Å². The molecule has 0 aliphatic heterocycles. The second kappa shape index (κ2) is 8.17. The van der Waals surface area contributed by atoms with Gasteiger partial charge >= 0.3 is 0 Å². The van der Waals surface area contributed by atoms with Crippen LogP contribution < -0.4 is 0 Å². The normalized spacial score (nSPS) is 11.0. The second-order valence-electron chi connectivity index (χ2n) is 7.12. The maximum absolute atomic E-state index is 5.25. The van der Waals surface area contributed by atoms with Crippen molar-refractivity contribution in [2.24, 2.45) is 0 Å². The molecule has 2 aromatic heterocycles. The van der Waals surface area contributed by atoms with Gasteiger partial charge in [-0.3, -0.25) is 0 Å². The van der Waals surface area contributed by atoms with Gasteiger partial charge in [0, 0.05) is 22.4 Å². The first kappa shape index (κ1) is 19.3. The molecule has 0 unspecified atom stereocenters. The summed E-state index contributed by atoms with van der Waals surface area (Å²) in [6, 6.07) is 16.6. The van der Waals surface area contributed by atoms with Crippen molar-refractivity contribution in [2.45, 2.75) is 38.6 Å². The molecule has 146 valence electrons. The van der Waals surface area contributed by atoms with Gasteiger partial charge in [0.2, 0.25) is 5.16 Å². The molecule has 0 atom stereocenters. The molecule has 0 saturated heterocycles. The van der Waals surface area contributed by atoms with E-state index in [1.807, 2.05) is 13.8 Å². The van der Waals surface area contributed by atoms with Crippen LogP contribution in [0.25, 0.3) is 22.5 Å². The van der Waals surface area contributed by atoms with E-state index < -0.39 is 0 Å². The molecule has 0 aliphatic rings. The van der Waals surface area contributed by atoms with Crippen molar-refractivity contribution in [3.8, 4) is 22.5 Å². The summed E-state index contributed by atoms with van der Waals surface area (Å²) in [5.74, 6) is 1.53. The molecule has 4 rings (SSSR count). The summed E-state index contributed by atoms with van der Waals surface area (Å²) in [6.45, 7) is 8.02. The van der Waals surface area contributed by atoms with E-state index in [4.69, 9.17) is 9.51 Å². The molecule has 5 nitrogen and oxygen atoms in total. The maximum atomic E-state index is 5.25. The molecule has 0 saturated carbocycles. The Morgan fingerprint density at radius 1 is 0.759 bits per heavy atom. The van der Waals surface area contributed by atoms with Crippen molar-refractivity contribution in [1.82, 2.24) is 20.3 Å². The Bertz CT molecular complexity index is 1120. The number of nitrogens with zero attached hydrogens (tertiary/aromatic N) is 4. The number of hydrogen-bond donors (Lipinski definition) is 0. The molecule has 0 fully saturated rings. The molecule has 29 heavy (non-hydrogen) atoms. The molecule has 0 N–H and O–H groups in total. The van der Waals surface area contributed by atoms with Crippen LogP contribution in [0.5, 0.6) is 0 Å². The summed E-state index contributed by atoms with van der Waals surface area (Å²) in [5, 5.41) is 13.6. The van der Waals surface area contributed by atoms with Gasteiger partial charge < -0.3 is 4.52 Å². The van der Waals surface area contributed by atoms with Gasteiger partial charge in [-0.1, -0.05) is 76.6 Å². The van der Waals surface area contributed by atoms with E-state index in [0.29, 0.717) is 10.9 Å². The standard InChI is InChI=1S/C23H22N4OS/c1-14-5-9-18(10-6-14)21-22(19-11-7-15(2)8-12-19)25-26-23(24-21)29-13-20-16(3)27-28-17(20)4/h5-12H,13H2,1-4H3. The Morgan fingerprint density at radius 3 is 1.90 bits per heavy atom. The highest BCUT2D eigenvalue weighted by Crippen LogP contribution is 2.31. The van der Waals surface area contributed by atoms with Crippen molar-refractivity contribution < 1.29 is 4.52 Å². The molecule has 2 aromatic carbocycles. The topological polar surface area (TPSA) is 64.7 Å². The Morgan fingerprint density at radius 2 is 1.34 bits per heavy atom. The minimum atomic E-state index is 0.636. The quantitative estimate of drug-likeness (QED) is 0.398. The highest BCUT2D eigenvalue weighted by Gasteiger charge is 2.16. The second-order valence-corrected chi connectivity index (χ2v) is 8.06. The van der Waals surface area contributed by atoms with Crippen molar-refractivity contribution in [3.05, 3.63) is 76.7 Å². The smallest absolute Gasteiger partial charge is 0.210 e. The van der Waals surface area contributed by atoms with Crippen LogP contribution >= 0.6 is 11.8 Å². The van der Waals surface area contributed by atoms with E-state index in [9.17, 15) is 0 Å². The summed E-state index contributed by atoms with van der Waals surface area (Å²) < 4.78 is 5.25. The van der Waals surface area contributed by atoms with Crippen molar-refractivity contribution in [2.75, 3.05) is 0 Å². The predicted molar refractivity (Wildman–Crippen MR) is 116 cm³/mol. The lowest BCUT2D eigenvalue weighted by atomic mass is 10.0. The van der Waals surface area contributed by atoms with Gasteiger partial charge in [-0.2, -0.15) is 0 Å². The van der Waals surface area contributed by atoms with Gasteiger partial charge in [0.25, 0.3) is 0 Å². The number of hydrogen-bond acceptors (Lipinski definition) is 6. The van der Waals surface area contributed by atoms with Gasteiger partial charge in [0.05, 0.1) is 5.69 Å². The monoisotopic (exact) mass is 402 g/mol. The van der Waals surface area contributed by atoms with Crippen LogP contribution in [0.15, 0.2) is 58.2 Å². The van der Waals surface area contributed by atoms with Crippen LogP contribution in [-0.2, 0) is 5.75 Å². The molecule has 0 radical (unpaired) electrons. The van der Waals surface area contributed by atoms with E-state index >= 15 is 0 Å². The highest BCUT2D eigenvalue weighted by molar-refractivity contribution is 7.98.